The van der Waals surface area contributed by atoms with Crippen molar-refractivity contribution in [3.63, 3.8) is 0 Å². The number of carbonyl (C=O) groups is 2. The number of carbonyl (C=O) groups excluding carboxylic acids is 2. The zero-order chi connectivity index (χ0) is 32.4. The number of nitrogens with one attached hydrogen (secondary N) is 1. The van der Waals surface area contributed by atoms with Crippen LogP contribution in [0.1, 0.15) is 65.6 Å². The van der Waals surface area contributed by atoms with Crippen LogP contribution in [0.5, 0.6) is 11.5 Å². The third kappa shape index (κ3) is 11.8. The van der Waals surface area contributed by atoms with Gasteiger partial charge in [-0.2, -0.15) is 0 Å². The number of unbranched alkanes of at least 4 members (excludes halogenated alkanes) is 5. The van der Waals surface area contributed by atoms with Gasteiger partial charge in [0.25, 0.3) is 0 Å². The van der Waals surface area contributed by atoms with Gasteiger partial charge in [0.1, 0.15) is 24.1 Å². The molecule has 5 N–H and O–H groups in total. The molecule has 0 aliphatic carbocycles. The number of ketones is 1. The number of amides is 1. The van der Waals surface area contributed by atoms with Gasteiger partial charge in [-0.25, -0.2) is 4.99 Å². The molecule has 0 aliphatic rings. The Bertz CT molecular complexity index is 1500. The van der Waals surface area contributed by atoms with Gasteiger partial charge < -0.3 is 26.3 Å². The number of nitrogens with zero attached hydrogens (tertiary/aromatic N) is 1. The highest BCUT2D eigenvalue weighted by molar-refractivity contribution is 6.08. The van der Waals surface area contributed by atoms with Crippen molar-refractivity contribution < 1.29 is 19.1 Å². The van der Waals surface area contributed by atoms with Gasteiger partial charge in [0.15, 0.2) is 11.7 Å². The SMILES string of the molecule is NC(N)=NC(Cc1ccc(C(=O)c2ccccc2)cc1)C(=O)NCCCCCCCCOc1ccc(OCc2ccccc2)cc1. The van der Waals surface area contributed by atoms with E-state index in [0.29, 0.717) is 37.3 Å². The summed E-state index contributed by atoms with van der Waals surface area (Å²) in [5, 5.41) is 2.97. The van der Waals surface area contributed by atoms with Gasteiger partial charge in [0.05, 0.1) is 6.61 Å². The van der Waals surface area contributed by atoms with Crippen molar-refractivity contribution in [3.8, 4) is 11.5 Å². The minimum atomic E-state index is -0.737. The molecule has 240 valence electrons. The minimum absolute atomic E-state index is 0.0500. The molecular formula is C38H44N4O4. The summed E-state index contributed by atoms with van der Waals surface area (Å²) in [7, 11) is 0. The van der Waals surface area contributed by atoms with Gasteiger partial charge in [-0.15, -0.1) is 0 Å². The predicted molar refractivity (Wildman–Crippen MR) is 183 cm³/mol. The highest BCUT2D eigenvalue weighted by Gasteiger charge is 2.18. The van der Waals surface area contributed by atoms with E-state index in [9.17, 15) is 9.59 Å². The Morgan fingerprint density at radius 2 is 1.20 bits per heavy atom. The zero-order valence-corrected chi connectivity index (χ0v) is 26.3. The number of ether oxygens (including phenoxy) is 2. The number of benzene rings is 4. The lowest BCUT2D eigenvalue weighted by Crippen LogP contribution is -2.38. The van der Waals surface area contributed by atoms with E-state index in [1.54, 1.807) is 24.3 Å². The molecule has 0 radical (unpaired) electrons. The highest BCUT2D eigenvalue weighted by Crippen LogP contribution is 2.19. The summed E-state index contributed by atoms with van der Waals surface area (Å²) in [5.74, 6) is 1.26. The Morgan fingerprint density at radius 1 is 0.630 bits per heavy atom. The van der Waals surface area contributed by atoms with Crippen LogP contribution < -0.4 is 26.3 Å². The lowest BCUT2D eigenvalue weighted by molar-refractivity contribution is -0.122. The van der Waals surface area contributed by atoms with Gasteiger partial charge in [-0.1, -0.05) is 111 Å². The number of guanidine groups is 1. The second kappa shape index (κ2) is 18.6. The van der Waals surface area contributed by atoms with Crippen LogP contribution in [-0.4, -0.2) is 36.8 Å². The molecule has 4 aromatic carbocycles. The quantitative estimate of drug-likeness (QED) is 0.0494. The normalized spacial score (nSPS) is 11.3. The topological polar surface area (TPSA) is 129 Å². The van der Waals surface area contributed by atoms with Crippen molar-refractivity contribution in [2.45, 2.75) is 57.6 Å². The van der Waals surface area contributed by atoms with Crippen LogP contribution in [0.3, 0.4) is 0 Å². The molecule has 1 atom stereocenters. The molecule has 1 amide bonds. The molecule has 0 fully saturated rings. The molecule has 4 rings (SSSR count). The first-order chi connectivity index (χ1) is 22.5. The van der Waals surface area contributed by atoms with Gasteiger partial charge in [0.2, 0.25) is 5.91 Å². The summed E-state index contributed by atoms with van der Waals surface area (Å²) in [5.41, 5.74) is 14.4. The van der Waals surface area contributed by atoms with Gasteiger partial charge in [0, 0.05) is 24.1 Å². The Balaban J connectivity index is 1.06. The maximum Gasteiger partial charge on any atom is 0.245 e. The maximum absolute atomic E-state index is 12.9. The fourth-order valence-corrected chi connectivity index (χ4v) is 4.98. The van der Waals surface area contributed by atoms with Crippen LogP contribution in [0.15, 0.2) is 114 Å². The summed E-state index contributed by atoms with van der Waals surface area (Å²) in [4.78, 5) is 29.7. The van der Waals surface area contributed by atoms with Gasteiger partial charge in [-0.3, -0.25) is 9.59 Å². The summed E-state index contributed by atoms with van der Waals surface area (Å²) in [6.45, 7) is 1.79. The summed E-state index contributed by atoms with van der Waals surface area (Å²) < 4.78 is 11.7. The van der Waals surface area contributed by atoms with Crippen LogP contribution >= 0.6 is 0 Å². The van der Waals surface area contributed by atoms with Crippen molar-refractivity contribution in [2.75, 3.05) is 13.2 Å². The van der Waals surface area contributed by atoms with Crippen LogP contribution in [0.4, 0.5) is 0 Å². The van der Waals surface area contributed by atoms with E-state index in [0.717, 1.165) is 61.2 Å². The van der Waals surface area contributed by atoms with E-state index in [1.165, 1.54) is 0 Å². The number of aliphatic imine (C=N–C) groups is 1. The zero-order valence-electron chi connectivity index (χ0n) is 26.3. The van der Waals surface area contributed by atoms with E-state index in [1.807, 2.05) is 84.9 Å². The van der Waals surface area contributed by atoms with Crippen LogP contribution in [-0.2, 0) is 17.8 Å². The molecule has 1 unspecified atom stereocenters. The Morgan fingerprint density at radius 3 is 1.85 bits per heavy atom. The first-order valence-electron chi connectivity index (χ1n) is 15.9. The monoisotopic (exact) mass is 620 g/mol. The third-order valence-electron chi connectivity index (χ3n) is 7.50. The smallest absolute Gasteiger partial charge is 0.245 e. The largest absolute Gasteiger partial charge is 0.494 e. The van der Waals surface area contributed by atoms with E-state index in [2.05, 4.69) is 10.3 Å². The van der Waals surface area contributed by atoms with Crippen molar-refractivity contribution >= 4 is 17.6 Å². The first kappa shape index (κ1) is 33.8. The predicted octanol–water partition coefficient (Wildman–Crippen LogP) is 6.22. The second-order valence-corrected chi connectivity index (χ2v) is 11.2. The fraction of sp³-hybridized carbons (Fsp3) is 0.289. The molecule has 46 heavy (non-hydrogen) atoms. The minimum Gasteiger partial charge on any atom is -0.494 e. The molecular weight excluding hydrogens is 576 g/mol. The van der Waals surface area contributed by atoms with Crippen molar-refractivity contribution in [3.05, 3.63) is 131 Å². The first-order valence-corrected chi connectivity index (χ1v) is 15.9. The lowest BCUT2D eigenvalue weighted by Gasteiger charge is -2.14. The summed E-state index contributed by atoms with van der Waals surface area (Å²) >= 11 is 0. The molecule has 4 aromatic rings. The molecule has 0 saturated heterocycles. The lowest BCUT2D eigenvalue weighted by atomic mass is 9.99. The van der Waals surface area contributed by atoms with Crippen molar-refractivity contribution in [2.24, 2.45) is 16.5 Å². The molecule has 0 heterocycles. The number of nitrogens with two attached hydrogens (primary N) is 2. The van der Waals surface area contributed by atoms with E-state index >= 15 is 0 Å². The molecule has 0 aliphatic heterocycles. The average molecular weight is 621 g/mol. The highest BCUT2D eigenvalue weighted by atomic mass is 16.5. The summed E-state index contributed by atoms with van der Waals surface area (Å²) in [6.07, 6.45) is 6.52. The van der Waals surface area contributed by atoms with Gasteiger partial charge in [-0.05, 0) is 48.2 Å². The van der Waals surface area contributed by atoms with Crippen LogP contribution in [0.2, 0.25) is 0 Å². The fourth-order valence-electron chi connectivity index (χ4n) is 4.98. The van der Waals surface area contributed by atoms with E-state index < -0.39 is 6.04 Å². The molecule has 0 saturated carbocycles. The maximum atomic E-state index is 12.9. The van der Waals surface area contributed by atoms with Crippen molar-refractivity contribution in [1.29, 1.82) is 0 Å². The number of hydrogen-bond acceptors (Lipinski definition) is 5. The second-order valence-electron chi connectivity index (χ2n) is 11.2. The van der Waals surface area contributed by atoms with Crippen LogP contribution in [0.25, 0.3) is 0 Å². The Kier molecular flexibility index (Phi) is 13.7. The Hall–Kier alpha value is -5.11. The molecule has 0 aromatic heterocycles. The molecule has 8 nitrogen and oxygen atoms in total. The molecule has 0 bridgehead atoms. The average Bonchev–Trinajstić information content (AvgIpc) is 3.09. The van der Waals surface area contributed by atoms with E-state index in [-0.39, 0.29) is 17.6 Å². The molecule has 8 heteroatoms. The van der Waals surface area contributed by atoms with E-state index in [4.69, 9.17) is 20.9 Å². The van der Waals surface area contributed by atoms with Crippen LogP contribution in [0, 0.1) is 0 Å². The number of hydrogen-bond donors (Lipinski definition) is 3. The van der Waals surface area contributed by atoms with Gasteiger partial charge >= 0.3 is 0 Å². The van der Waals surface area contributed by atoms with Crippen molar-refractivity contribution in [1.82, 2.24) is 5.32 Å². The molecule has 0 spiro atoms. The Labute approximate surface area is 271 Å². The summed E-state index contributed by atoms with van der Waals surface area (Å²) in [6, 6.07) is 33.4. The standard InChI is InChI=1S/C38H44N4O4/c39-38(40)42-35(27-29-17-19-32(20-18-29)36(43)31-15-9-6-10-16-31)37(44)41-25-11-3-1-2-4-12-26-45-33-21-23-34(24-22-33)46-28-30-13-7-5-8-14-30/h5-10,13-24,35H,1-4,11-12,25-28H2,(H,41,44)(H4,39,40,42). The third-order valence-corrected chi connectivity index (χ3v) is 7.50. The number of rotatable bonds is 19.